The summed E-state index contributed by atoms with van der Waals surface area (Å²) in [7, 11) is 0. The van der Waals surface area contributed by atoms with Crippen LogP contribution in [0.2, 0.25) is 5.02 Å². The van der Waals surface area contributed by atoms with Crippen LogP contribution >= 0.6 is 11.6 Å². The molecule has 0 aliphatic rings. The molecular formula is C16H17ClFNO. The maximum atomic E-state index is 13.4. The van der Waals surface area contributed by atoms with Gasteiger partial charge in [-0.3, -0.25) is 0 Å². The molecule has 0 heterocycles. The van der Waals surface area contributed by atoms with E-state index in [2.05, 4.69) is 0 Å². The first-order chi connectivity index (χ1) is 9.52. The lowest BCUT2D eigenvalue weighted by molar-refractivity contribution is 0.199. The Bertz CT molecular complexity index is 601. The van der Waals surface area contributed by atoms with Gasteiger partial charge in [-0.05, 0) is 49.7 Å². The fraction of sp³-hybridized carbons (Fsp3) is 0.250. The van der Waals surface area contributed by atoms with Gasteiger partial charge < -0.3 is 10.0 Å². The first kappa shape index (κ1) is 14.8. The maximum Gasteiger partial charge on any atom is 0.125 e. The van der Waals surface area contributed by atoms with Crippen LogP contribution in [0.3, 0.4) is 0 Å². The second-order valence-electron chi connectivity index (χ2n) is 4.61. The van der Waals surface area contributed by atoms with Crippen molar-refractivity contribution in [3.8, 4) is 0 Å². The van der Waals surface area contributed by atoms with Gasteiger partial charge in [0.2, 0.25) is 0 Å². The Balaban J connectivity index is 2.42. The lowest BCUT2D eigenvalue weighted by Crippen LogP contribution is -2.16. The third kappa shape index (κ3) is 3.11. The van der Waals surface area contributed by atoms with E-state index >= 15 is 0 Å². The van der Waals surface area contributed by atoms with E-state index in [1.807, 2.05) is 30.0 Å². The number of benzene rings is 2. The van der Waals surface area contributed by atoms with Crippen molar-refractivity contribution in [1.29, 1.82) is 0 Å². The van der Waals surface area contributed by atoms with Crippen LogP contribution in [0.25, 0.3) is 0 Å². The molecule has 0 bridgehead atoms. The minimum atomic E-state index is -0.564. The molecular weight excluding hydrogens is 277 g/mol. The minimum absolute atomic E-state index is 0.280. The van der Waals surface area contributed by atoms with Crippen LogP contribution in [0.1, 0.15) is 25.5 Å². The topological polar surface area (TPSA) is 23.5 Å². The molecule has 0 saturated carbocycles. The SMILES string of the molecule is CCN(c1cccc(F)c1)c1ccc([C@@H](C)O)cc1Cl. The molecule has 4 heteroatoms. The first-order valence-corrected chi connectivity index (χ1v) is 6.91. The summed E-state index contributed by atoms with van der Waals surface area (Å²) in [6.45, 7) is 4.33. The van der Waals surface area contributed by atoms with Gasteiger partial charge in [-0.1, -0.05) is 23.7 Å². The Morgan fingerprint density at radius 3 is 2.55 bits per heavy atom. The molecule has 2 aromatic rings. The molecule has 0 spiro atoms. The van der Waals surface area contributed by atoms with Crippen molar-refractivity contribution in [3.05, 3.63) is 58.9 Å². The van der Waals surface area contributed by atoms with Crippen LogP contribution < -0.4 is 4.90 Å². The van der Waals surface area contributed by atoms with E-state index in [0.29, 0.717) is 11.6 Å². The van der Waals surface area contributed by atoms with E-state index in [1.54, 1.807) is 19.1 Å². The van der Waals surface area contributed by atoms with E-state index in [4.69, 9.17) is 11.6 Å². The molecule has 0 amide bonds. The van der Waals surface area contributed by atoms with Gasteiger partial charge in [-0.2, -0.15) is 0 Å². The number of aliphatic hydroxyl groups is 1. The van der Waals surface area contributed by atoms with Crippen molar-refractivity contribution in [2.75, 3.05) is 11.4 Å². The van der Waals surface area contributed by atoms with Gasteiger partial charge in [0.05, 0.1) is 16.8 Å². The highest BCUT2D eigenvalue weighted by Crippen LogP contribution is 2.33. The van der Waals surface area contributed by atoms with E-state index < -0.39 is 6.10 Å². The van der Waals surface area contributed by atoms with Gasteiger partial charge in [-0.15, -0.1) is 0 Å². The lowest BCUT2D eigenvalue weighted by atomic mass is 10.1. The van der Waals surface area contributed by atoms with Crippen molar-refractivity contribution in [2.24, 2.45) is 0 Å². The van der Waals surface area contributed by atoms with Crippen LogP contribution in [0.15, 0.2) is 42.5 Å². The van der Waals surface area contributed by atoms with Crippen LogP contribution in [0.5, 0.6) is 0 Å². The Hall–Kier alpha value is -1.58. The smallest absolute Gasteiger partial charge is 0.125 e. The largest absolute Gasteiger partial charge is 0.389 e. The normalized spacial score (nSPS) is 12.2. The van der Waals surface area contributed by atoms with Crippen molar-refractivity contribution in [3.63, 3.8) is 0 Å². The molecule has 1 N–H and O–H groups in total. The van der Waals surface area contributed by atoms with Gasteiger partial charge >= 0.3 is 0 Å². The molecule has 106 valence electrons. The number of halogens is 2. The van der Waals surface area contributed by atoms with Gasteiger partial charge in [0.1, 0.15) is 5.82 Å². The monoisotopic (exact) mass is 293 g/mol. The lowest BCUT2D eigenvalue weighted by Gasteiger charge is -2.25. The second kappa shape index (κ2) is 6.25. The molecule has 0 aliphatic heterocycles. The number of hydrogen-bond acceptors (Lipinski definition) is 2. The molecule has 0 saturated heterocycles. The molecule has 2 rings (SSSR count). The zero-order valence-corrected chi connectivity index (χ0v) is 12.2. The van der Waals surface area contributed by atoms with Gasteiger partial charge in [-0.25, -0.2) is 4.39 Å². The minimum Gasteiger partial charge on any atom is -0.389 e. The highest BCUT2D eigenvalue weighted by Gasteiger charge is 2.13. The van der Waals surface area contributed by atoms with Crippen molar-refractivity contribution in [2.45, 2.75) is 20.0 Å². The van der Waals surface area contributed by atoms with Gasteiger partial charge in [0.25, 0.3) is 0 Å². The molecule has 0 aliphatic carbocycles. The molecule has 0 aromatic heterocycles. The Morgan fingerprint density at radius 2 is 2.00 bits per heavy atom. The molecule has 20 heavy (non-hydrogen) atoms. The predicted octanol–water partition coefficient (Wildman–Crippen LogP) is 4.69. The first-order valence-electron chi connectivity index (χ1n) is 6.53. The maximum absolute atomic E-state index is 13.4. The summed E-state index contributed by atoms with van der Waals surface area (Å²) in [4.78, 5) is 1.93. The van der Waals surface area contributed by atoms with E-state index in [-0.39, 0.29) is 5.82 Å². The summed E-state index contributed by atoms with van der Waals surface area (Å²) in [5.74, 6) is -0.280. The zero-order valence-electron chi connectivity index (χ0n) is 11.5. The number of anilines is 2. The molecule has 2 aromatic carbocycles. The summed E-state index contributed by atoms with van der Waals surface area (Å²) >= 11 is 6.29. The highest BCUT2D eigenvalue weighted by molar-refractivity contribution is 6.33. The quantitative estimate of drug-likeness (QED) is 0.884. The van der Waals surface area contributed by atoms with E-state index in [1.165, 1.54) is 12.1 Å². The number of nitrogens with zero attached hydrogens (tertiary/aromatic N) is 1. The van der Waals surface area contributed by atoms with E-state index in [0.717, 1.165) is 16.9 Å². The Kier molecular flexibility index (Phi) is 4.63. The summed E-state index contributed by atoms with van der Waals surface area (Å²) in [5.41, 5.74) is 2.30. The van der Waals surface area contributed by atoms with Gasteiger partial charge in [0.15, 0.2) is 0 Å². The summed E-state index contributed by atoms with van der Waals surface area (Å²) in [6.07, 6.45) is -0.564. The highest BCUT2D eigenvalue weighted by atomic mass is 35.5. The molecule has 0 fully saturated rings. The average molecular weight is 294 g/mol. The molecule has 0 radical (unpaired) electrons. The summed E-state index contributed by atoms with van der Waals surface area (Å²) in [5, 5.41) is 10.1. The predicted molar refractivity (Wildman–Crippen MR) is 81.2 cm³/mol. The fourth-order valence-corrected chi connectivity index (χ4v) is 2.43. The molecule has 2 nitrogen and oxygen atoms in total. The second-order valence-corrected chi connectivity index (χ2v) is 5.02. The molecule has 1 atom stereocenters. The van der Waals surface area contributed by atoms with Crippen LogP contribution in [0, 0.1) is 5.82 Å². The van der Waals surface area contributed by atoms with Gasteiger partial charge in [0, 0.05) is 12.2 Å². The average Bonchev–Trinajstić information content (AvgIpc) is 2.41. The number of hydrogen-bond donors (Lipinski definition) is 1. The Morgan fingerprint density at radius 1 is 1.25 bits per heavy atom. The van der Waals surface area contributed by atoms with Crippen molar-refractivity contribution < 1.29 is 9.50 Å². The number of rotatable bonds is 4. The summed E-state index contributed by atoms with van der Waals surface area (Å²) in [6, 6.07) is 11.8. The fourth-order valence-electron chi connectivity index (χ4n) is 2.14. The number of aliphatic hydroxyl groups excluding tert-OH is 1. The van der Waals surface area contributed by atoms with Crippen LogP contribution in [0.4, 0.5) is 15.8 Å². The summed E-state index contributed by atoms with van der Waals surface area (Å²) < 4.78 is 13.4. The Labute approximate surface area is 123 Å². The standard InChI is InChI=1S/C16H17ClFNO/c1-3-19(14-6-4-5-13(18)10-14)16-8-7-12(11(2)20)9-15(16)17/h4-11,20H,3H2,1-2H3/t11-/m1/s1. The van der Waals surface area contributed by atoms with Crippen molar-refractivity contribution >= 4 is 23.0 Å². The molecule has 0 unspecified atom stereocenters. The van der Waals surface area contributed by atoms with E-state index in [9.17, 15) is 9.50 Å². The van der Waals surface area contributed by atoms with Crippen molar-refractivity contribution in [1.82, 2.24) is 0 Å². The van der Waals surface area contributed by atoms with Crippen LogP contribution in [-0.4, -0.2) is 11.7 Å². The third-order valence-electron chi connectivity index (χ3n) is 3.18. The zero-order chi connectivity index (χ0) is 14.7. The van der Waals surface area contributed by atoms with Crippen LogP contribution in [-0.2, 0) is 0 Å². The third-order valence-corrected chi connectivity index (χ3v) is 3.48.